The summed E-state index contributed by atoms with van der Waals surface area (Å²) in [5, 5.41) is 0. The van der Waals surface area contributed by atoms with Crippen LogP contribution in [0.3, 0.4) is 0 Å². The maximum atomic E-state index is 12.0. The average Bonchev–Trinajstić information content (AvgIpc) is 2.89. The molecule has 3 aromatic rings. The standard InChI is InChI=1S/C17H15NO3/c1-13(14-8-4-2-5-9-14)18-12-16(21-17(18)19)20-15-10-6-3-7-11-15/h2-13H,1H3/t13-/m0/s1. The molecule has 0 aliphatic heterocycles. The third kappa shape index (κ3) is 2.89. The molecule has 4 heteroatoms. The third-order valence-electron chi connectivity index (χ3n) is 3.30. The van der Waals surface area contributed by atoms with Crippen molar-refractivity contribution in [1.82, 2.24) is 4.57 Å². The van der Waals surface area contributed by atoms with Crippen LogP contribution in [0.4, 0.5) is 0 Å². The predicted octanol–water partition coefficient (Wildman–Crippen LogP) is 3.84. The Morgan fingerprint density at radius 3 is 2.29 bits per heavy atom. The number of rotatable bonds is 4. The van der Waals surface area contributed by atoms with Crippen molar-refractivity contribution >= 4 is 0 Å². The van der Waals surface area contributed by atoms with Crippen LogP contribution < -0.4 is 10.5 Å². The summed E-state index contributed by atoms with van der Waals surface area (Å²) in [6.45, 7) is 1.94. The highest BCUT2D eigenvalue weighted by Crippen LogP contribution is 2.23. The van der Waals surface area contributed by atoms with E-state index in [1.54, 1.807) is 18.3 Å². The molecule has 21 heavy (non-hydrogen) atoms. The van der Waals surface area contributed by atoms with Gasteiger partial charge in [0, 0.05) is 0 Å². The quantitative estimate of drug-likeness (QED) is 0.729. The van der Waals surface area contributed by atoms with Gasteiger partial charge in [-0.3, -0.25) is 4.57 Å². The fourth-order valence-corrected chi connectivity index (χ4v) is 2.15. The highest BCUT2D eigenvalue weighted by atomic mass is 16.6. The van der Waals surface area contributed by atoms with Gasteiger partial charge in [0.15, 0.2) is 0 Å². The Kier molecular flexibility index (Phi) is 3.60. The van der Waals surface area contributed by atoms with Gasteiger partial charge in [-0.05, 0) is 24.6 Å². The Balaban J connectivity index is 1.86. The van der Waals surface area contributed by atoms with Gasteiger partial charge in [0.25, 0.3) is 0 Å². The van der Waals surface area contributed by atoms with E-state index >= 15 is 0 Å². The molecule has 1 heterocycles. The lowest BCUT2D eigenvalue weighted by atomic mass is 10.1. The first kappa shape index (κ1) is 13.2. The minimum absolute atomic E-state index is 0.115. The first-order valence-corrected chi connectivity index (χ1v) is 6.74. The monoisotopic (exact) mass is 281 g/mol. The van der Waals surface area contributed by atoms with Crippen molar-refractivity contribution in [3.8, 4) is 11.7 Å². The largest absolute Gasteiger partial charge is 0.425 e. The highest BCUT2D eigenvalue weighted by molar-refractivity contribution is 5.25. The SMILES string of the molecule is C[C@@H](c1ccccc1)n1cc(Oc2ccccc2)oc1=O. The first-order chi connectivity index (χ1) is 10.2. The van der Waals surface area contributed by atoms with Crippen molar-refractivity contribution in [3.05, 3.63) is 83.0 Å². The van der Waals surface area contributed by atoms with Gasteiger partial charge >= 0.3 is 11.7 Å². The van der Waals surface area contributed by atoms with Gasteiger partial charge in [-0.1, -0.05) is 48.5 Å². The summed E-state index contributed by atoms with van der Waals surface area (Å²) in [6.07, 6.45) is 1.59. The number of aromatic nitrogens is 1. The van der Waals surface area contributed by atoms with E-state index in [0.29, 0.717) is 5.75 Å². The summed E-state index contributed by atoms with van der Waals surface area (Å²) in [5.74, 6) is 0.386. The average molecular weight is 281 g/mol. The minimum Gasteiger partial charge on any atom is -0.425 e. The lowest BCUT2D eigenvalue weighted by molar-refractivity contribution is 0.329. The van der Waals surface area contributed by atoms with Crippen LogP contribution in [0.1, 0.15) is 18.5 Å². The summed E-state index contributed by atoms with van der Waals surface area (Å²) in [6, 6.07) is 18.9. The first-order valence-electron chi connectivity index (χ1n) is 6.74. The molecule has 106 valence electrons. The normalized spacial score (nSPS) is 12.0. The van der Waals surface area contributed by atoms with E-state index in [0.717, 1.165) is 5.56 Å². The Morgan fingerprint density at radius 2 is 1.62 bits per heavy atom. The number of hydrogen-bond acceptors (Lipinski definition) is 3. The molecular formula is C17H15NO3. The van der Waals surface area contributed by atoms with E-state index < -0.39 is 5.76 Å². The number of oxazole rings is 1. The zero-order valence-electron chi connectivity index (χ0n) is 11.6. The predicted molar refractivity (Wildman–Crippen MR) is 79.7 cm³/mol. The smallest absolute Gasteiger partial charge is 0.422 e. The summed E-state index contributed by atoms with van der Waals surface area (Å²) in [7, 11) is 0. The molecule has 0 saturated carbocycles. The van der Waals surface area contributed by atoms with E-state index in [4.69, 9.17) is 9.15 Å². The fourth-order valence-electron chi connectivity index (χ4n) is 2.15. The molecular weight excluding hydrogens is 266 g/mol. The molecule has 1 aromatic heterocycles. The van der Waals surface area contributed by atoms with Crippen molar-refractivity contribution in [2.24, 2.45) is 0 Å². The summed E-state index contributed by atoms with van der Waals surface area (Å²) < 4.78 is 12.2. The van der Waals surface area contributed by atoms with Gasteiger partial charge in [-0.15, -0.1) is 0 Å². The molecule has 0 aliphatic rings. The second kappa shape index (κ2) is 5.71. The minimum atomic E-state index is -0.433. The fraction of sp³-hybridized carbons (Fsp3) is 0.118. The summed E-state index contributed by atoms with van der Waals surface area (Å²) in [5.41, 5.74) is 1.03. The molecule has 0 radical (unpaired) electrons. The van der Waals surface area contributed by atoms with Crippen LogP contribution >= 0.6 is 0 Å². The highest BCUT2D eigenvalue weighted by Gasteiger charge is 2.14. The van der Waals surface area contributed by atoms with Crippen molar-refractivity contribution in [2.45, 2.75) is 13.0 Å². The Bertz CT molecular complexity index is 759. The molecule has 0 bridgehead atoms. The number of nitrogens with zero attached hydrogens (tertiary/aromatic N) is 1. The lowest BCUT2D eigenvalue weighted by Gasteiger charge is -2.10. The van der Waals surface area contributed by atoms with Crippen molar-refractivity contribution in [3.63, 3.8) is 0 Å². The number of para-hydroxylation sites is 1. The van der Waals surface area contributed by atoms with Gasteiger partial charge in [-0.2, -0.15) is 0 Å². The van der Waals surface area contributed by atoms with E-state index in [2.05, 4.69) is 0 Å². The summed E-state index contributed by atoms with van der Waals surface area (Å²) >= 11 is 0. The van der Waals surface area contributed by atoms with Crippen molar-refractivity contribution < 1.29 is 9.15 Å². The topological polar surface area (TPSA) is 44.4 Å². The van der Waals surface area contributed by atoms with Gasteiger partial charge < -0.3 is 9.15 Å². The Hall–Kier alpha value is -2.75. The molecule has 2 aromatic carbocycles. The summed E-state index contributed by atoms with van der Waals surface area (Å²) in [4.78, 5) is 12.0. The zero-order chi connectivity index (χ0) is 14.7. The van der Waals surface area contributed by atoms with E-state index in [1.807, 2.05) is 55.5 Å². The molecule has 0 spiro atoms. The van der Waals surface area contributed by atoms with Gasteiger partial charge in [0.2, 0.25) is 0 Å². The molecule has 0 fully saturated rings. The molecule has 0 N–H and O–H groups in total. The molecule has 0 amide bonds. The van der Waals surface area contributed by atoms with E-state index in [1.165, 1.54) is 4.57 Å². The maximum absolute atomic E-state index is 12.0. The van der Waals surface area contributed by atoms with Crippen molar-refractivity contribution in [1.29, 1.82) is 0 Å². The number of hydrogen-bond donors (Lipinski definition) is 0. The van der Waals surface area contributed by atoms with Gasteiger partial charge in [0.1, 0.15) is 5.75 Å². The van der Waals surface area contributed by atoms with Crippen LogP contribution in [0.25, 0.3) is 0 Å². The lowest BCUT2D eigenvalue weighted by Crippen LogP contribution is -2.18. The molecule has 3 rings (SSSR count). The van der Waals surface area contributed by atoms with Crippen LogP contribution in [0.15, 0.2) is 76.1 Å². The van der Waals surface area contributed by atoms with E-state index in [-0.39, 0.29) is 12.0 Å². The number of ether oxygens (including phenoxy) is 1. The molecule has 1 atom stereocenters. The van der Waals surface area contributed by atoms with E-state index in [9.17, 15) is 4.79 Å². The van der Waals surface area contributed by atoms with Crippen LogP contribution in [0, 0.1) is 0 Å². The number of benzene rings is 2. The van der Waals surface area contributed by atoms with Crippen LogP contribution in [-0.4, -0.2) is 4.57 Å². The molecule has 0 saturated heterocycles. The van der Waals surface area contributed by atoms with Crippen LogP contribution in [0.2, 0.25) is 0 Å². The van der Waals surface area contributed by atoms with Gasteiger partial charge in [0.05, 0.1) is 12.2 Å². The molecule has 0 unspecified atom stereocenters. The third-order valence-corrected chi connectivity index (χ3v) is 3.30. The van der Waals surface area contributed by atoms with Crippen LogP contribution in [0.5, 0.6) is 11.7 Å². The second-order valence-electron chi connectivity index (χ2n) is 4.73. The Labute approximate surface area is 122 Å². The zero-order valence-corrected chi connectivity index (χ0v) is 11.6. The van der Waals surface area contributed by atoms with Gasteiger partial charge in [-0.25, -0.2) is 4.79 Å². The molecule has 0 aliphatic carbocycles. The van der Waals surface area contributed by atoms with Crippen LogP contribution in [-0.2, 0) is 0 Å². The second-order valence-corrected chi connectivity index (χ2v) is 4.73. The molecule has 4 nitrogen and oxygen atoms in total. The Morgan fingerprint density at radius 1 is 1.00 bits per heavy atom. The van der Waals surface area contributed by atoms with Crippen molar-refractivity contribution in [2.75, 3.05) is 0 Å². The maximum Gasteiger partial charge on any atom is 0.422 e.